The molecule has 0 fully saturated rings. The second kappa shape index (κ2) is 8.65. The molecule has 0 atom stereocenters. The van der Waals surface area contributed by atoms with E-state index in [1.165, 1.54) is 24.7 Å². The fraction of sp³-hybridized carbons (Fsp3) is 0.182. The number of rotatable bonds is 4. The maximum absolute atomic E-state index is 14.2. The number of nitriles is 1. The number of carbonyl (C=O) groups excluding carboxylic acids is 1. The van der Waals surface area contributed by atoms with Crippen LogP contribution in [0.3, 0.4) is 0 Å². The minimum Gasteiger partial charge on any atom is -0.320 e. The summed E-state index contributed by atoms with van der Waals surface area (Å²) < 4.78 is 43.3. The third-order valence-corrected chi connectivity index (χ3v) is 5.48. The molecule has 1 aliphatic rings. The van der Waals surface area contributed by atoms with Crippen LogP contribution >= 0.6 is 0 Å². The third-order valence-electron chi connectivity index (χ3n) is 5.48. The normalized spacial score (nSPS) is 13.2. The first-order valence-corrected chi connectivity index (χ1v) is 10.4. The first-order chi connectivity index (χ1) is 16.9. The number of hydrogen-bond acceptors (Lipinski definition) is 7. The van der Waals surface area contributed by atoms with Gasteiger partial charge in [-0.1, -0.05) is 12.1 Å². The van der Waals surface area contributed by atoms with Crippen molar-refractivity contribution in [2.24, 2.45) is 0 Å². The quantitative estimate of drug-likeness (QED) is 0.461. The molecule has 0 spiro atoms. The standard InChI is InChI=1S/C22H16F3N9O/c23-22(24,25)19-17(12-31-33(19)18-3-1-2-13-10-27-5-4-16(13)18)21(35)32-15-8-14(9-26)20(28-11-15)34-29-6-7-30-34/h1-3,6-8,11-12,27H,4-5,10H2,(H,32,35). The van der Waals surface area contributed by atoms with Gasteiger partial charge in [-0.05, 0) is 36.2 Å². The van der Waals surface area contributed by atoms with E-state index < -0.39 is 23.3 Å². The molecule has 0 unspecified atom stereocenters. The van der Waals surface area contributed by atoms with E-state index in [1.54, 1.807) is 12.1 Å². The molecule has 176 valence electrons. The predicted octanol–water partition coefficient (Wildman–Crippen LogP) is 2.64. The van der Waals surface area contributed by atoms with Crippen molar-refractivity contribution >= 4 is 11.6 Å². The van der Waals surface area contributed by atoms with Gasteiger partial charge in [-0.3, -0.25) is 4.79 Å². The van der Waals surface area contributed by atoms with Gasteiger partial charge in [0.25, 0.3) is 5.91 Å². The van der Waals surface area contributed by atoms with Crippen LogP contribution < -0.4 is 10.6 Å². The van der Waals surface area contributed by atoms with Gasteiger partial charge >= 0.3 is 6.18 Å². The molecule has 0 saturated carbocycles. The number of amides is 1. The van der Waals surface area contributed by atoms with E-state index in [0.29, 0.717) is 19.5 Å². The number of carbonyl (C=O) groups is 1. The molecular formula is C22H16F3N9O. The van der Waals surface area contributed by atoms with Gasteiger partial charge < -0.3 is 10.6 Å². The highest BCUT2D eigenvalue weighted by Gasteiger charge is 2.41. The minimum absolute atomic E-state index is 0.0234. The van der Waals surface area contributed by atoms with Gasteiger partial charge in [0.1, 0.15) is 11.6 Å². The monoisotopic (exact) mass is 479 g/mol. The molecule has 5 rings (SSSR count). The number of anilines is 1. The maximum Gasteiger partial charge on any atom is 0.434 e. The van der Waals surface area contributed by atoms with Crippen molar-refractivity contribution < 1.29 is 18.0 Å². The van der Waals surface area contributed by atoms with E-state index in [1.807, 2.05) is 12.1 Å². The van der Waals surface area contributed by atoms with Crippen molar-refractivity contribution in [3.8, 4) is 17.6 Å². The van der Waals surface area contributed by atoms with Crippen LogP contribution in [0.15, 0.2) is 49.1 Å². The Morgan fingerprint density at radius 1 is 1.17 bits per heavy atom. The fourth-order valence-corrected chi connectivity index (χ4v) is 3.97. The summed E-state index contributed by atoms with van der Waals surface area (Å²) in [5.41, 5.74) is 0.123. The smallest absolute Gasteiger partial charge is 0.320 e. The zero-order chi connectivity index (χ0) is 24.6. The van der Waals surface area contributed by atoms with Crippen molar-refractivity contribution in [2.45, 2.75) is 19.1 Å². The zero-order valence-electron chi connectivity index (χ0n) is 17.9. The molecular weight excluding hydrogens is 463 g/mol. The number of aromatic nitrogens is 6. The lowest BCUT2D eigenvalue weighted by molar-refractivity contribution is -0.143. The summed E-state index contributed by atoms with van der Waals surface area (Å²) in [6, 6.07) is 8.25. The number of hydrogen-bond donors (Lipinski definition) is 2. The highest BCUT2D eigenvalue weighted by atomic mass is 19.4. The van der Waals surface area contributed by atoms with E-state index in [2.05, 4.69) is 30.9 Å². The van der Waals surface area contributed by atoms with E-state index in [-0.39, 0.29) is 22.8 Å². The van der Waals surface area contributed by atoms with E-state index in [0.717, 1.165) is 26.8 Å². The van der Waals surface area contributed by atoms with Gasteiger partial charge in [0, 0.05) is 6.54 Å². The zero-order valence-corrected chi connectivity index (χ0v) is 17.9. The highest BCUT2D eigenvalue weighted by molar-refractivity contribution is 6.05. The molecule has 4 heterocycles. The van der Waals surface area contributed by atoms with Crippen molar-refractivity contribution in [3.05, 3.63) is 77.0 Å². The Balaban J connectivity index is 1.51. The van der Waals surface area contributed by atoms with Crippen molar-refractivity contribution in [1.29, 1.82) is 5.26 Å². The second-order valence-corrected chi connectivity index (χ2v) is 7.64. The van der Waals surface area contributed by atoms with Gasteiger partial charge in [0.15, 0.2) is 11.5 Å². The van der Waals surface area contributed by atoms with Crippen LogP contribution in [0.2, 0.25) is 0 Å². The van der Waals surface area contributed by atoms with Crippen molar-refractivity contribution in [2.75, 3.05) is 11.9 Å². The lowest BCUT2D eigenvalue weighted by Gasteiger charge is -2.21. The van der Waals surface area contributed by atoms with Crippen LogP contribution in [0.1, 0.15) is 32.7 Å². The summed E-state index contributed by atoms with van der Waals surface area (Å²) in [4.78, 5) is 18.1. The van der Waals surface area contributed by atoms with Crippen LogP contribution in [-0.2, 0) is 19.1 Å². The summed E-state index contributed by atoms with van der Waals surface area (Å²) in [5.74, 6) is -0.923. The Morgan fingerprint density at radius 2 is 1.97 bits per heavy atom. The van der Waals surface area contributed by atoms with Gasteiger partial charge in [0.05, 0.1) is 41.7 Å². The Hall–Kier alpha value is -4.57. The van der Waals surface area contributed by atoms with Crippen LogP contribution in [-0.4, -0.2) is 42.2 Å². The number of nitrogens with zero attached hydrogens (tertiary/aromatic N) is 7. The molecule has 2 N–H and O–H groups in total. The first-order valence-electron chi connectivity index (χ1n) is 10.4. The van der Waals surface area contributed by atoms with Crippen molar-refractivity contribution in [3.63, 3.8) is 0 Å². The maximum atomic E-state index is 14.2. The summed E-state index contributed by atoms with van der Waals surface area (Å²) in [6.07, 6.45) is 0.564. The van der Waals surface area contributed by atoms with Crippen molar-refractivity contribution in [1.82, 2.24) is 35.1 Å². The Bertz CT molecular complexity index is 1450. The predicted molar refractivity (Wildman–Crippen MR) is 116 cm³/mol. The van der Waals surface area contributed by atoms with Gasteiger partial charge in [-0.25, -0.2) is 9.67 Å². The number of halogens is 3. The molecule has 1 aromatic carbocycles. The molecule has 35 heavy (non-hydrogen) atoms. The van der Waals surface area contributed by atoms with E-state index in [4.69, 9.17) is 0 Å². The van der Waals surface area contributed by atoms with Crippen LogP contribution in [0, 0.1) is 11.3 Å². The molecule has 4 aromatic rings. The average molecular weight is 479 g/mol. The number of alkyl halides is 3. The van der Waals surface area contributed by atoms with Gasteiger partial charge in [-0.2, -0.15) is 33.7 Å². The fourth-order valence-electron chi connectivity index (χ4n) is 3.97. The topological polar surface area (TPSA) is 126 Å². The van der Waals surface area contributed by atoms with Gasteiger partial charge in [0.2, 0.25) is 0 Å². The summed E-state index contributed by atoms with van der Waals surface area (Å²) in [5, 5.41) is 26.7. The average Bonchev–Trinajstić information content (AvgIpc) is 3.54. The summed E-state index contributed by atoms with van der Waals surface area (Å²) in [6.45, 7) is 1.16. The number of benzene rings is 1. The van der Waals surface area contributed by atoms with E-state index >= 15 is 0 Å². The van der Waals surface area contributed by atoms with Crippen LogP contribution in [0.5, 0.6) is 0 Å². The number of nitrogens with one attached hydrogen (secondary N) is 2. The Labute approximate surface area is 196 Å². The molecule has 0 aliphatic carbocycles. The molecule has 0 bridgehead atoms. The molecule has 10 nitrogen and oxygen atoms in total. The summed E-state index contributed by atoms with van der Waals surface area (Å²) in [7, 11) is 0. The number of fused-ring (bicyclic) bond motifs is 1. The minimum atomic E-state index is -4.86. The molecule has 3 aromatic heterocycles. The van der Waals surface area contributed by atoms with Crippen LogP contribution in [0.4, 0.5) is 18.9 Å². The lowest BCUT2D eigenvalue weighted by atomic mass is 9.99. The highest BCUT2D eigenvalue weighted by Crippen LogP contribution is 2.35. The lowest BCUT2D eigenvalue weighted by Crippen LogP contribution is -2.26. The Morgan fingerprint density at radius 3 is 2.71 bits per heavy atom. The first kappa shape index (κ1) is 22.2. The summed E-state index contributed by atoms with van der Waals surface area (Å²) >= 11 is 0. The molecule has 1 aliphatic heterocycles. The Kier molecular flexibility index (Phi) is 5.50. The third kappa shape index (κ3) is 4.11. The molecule has 13 heteroatoms. The number of pyridine rings is 1. The molecule has 1 amide bonds. The van der Waals surface area contributed by atoms with Crippen LogP contribution in [0.25, 0.3) is 11.5 Å². The SMILES string of the molecule is N#Cc1cc(NC(=O)c2cnn(-c3cccc4c3CCNC4)c2C(F)(F)F)cnc1-n1nccn1. The van der Waals surface area contributed by atoms with E-state index in [9.17, 15) is 23.2 Å². The largest absolute Gasteiger partial charge is 0.434 e. The second-order valence-electron chi connectivity index (χ2n) is 7.64. The van der Waals surface area contributed by atoms with Gasteiger partial charge in [-0.15, -0.1) is 4.80 Å². The molecule has 0 saturated heterocycles. The molecule has 0 radical (unpaired) electrons.